The van der Waals surface area contributed by atoms with Crippen LogP contribution < -0.4 is 10.6 Å². The second kappa shape index (κ2) is 7.64. The Bertz CT molecular complexity index is 527. The molecule has 2 aromatic heterocycles. The number of hydrogen-bond donors (Lipinski definition) is 3. The number of nitrogens with one attached hydrogen (secondary N) is 3. The Balaban J connectivity index is 2.03. The molecule has 2 rings (SSSR count). The summed E-state index contributed by atoms with van der Waals surface area (Å²) in [4.78, 5) is 8.88. The van der Waals surface area contributed by atoms with Crippen molar-refractivity contribution in [3.05, 3.63) is 6.20 Å². The van der Waals surface area contributed by atoms with E-state index < -0.39 is 0 Å². The first-order valence-corrected chi connectivity index (χ1v) is 7.11. The van der Waals surface area contributed by atoms with Crippen LogP contribution in [-0.2, 0) is 4.74 Å². The highest BCUT2D eigenvalue weighted by Gasteiger charge is 2.08. The molecule has 0 fully saturated rings. The molecule has 110 valence electrons. The third-order valence-electron chi connectivity index (χ3n) is 2.80. The Kier molecular flexibility index (Phi) is 5.55. The summed E-state index contributed by atoms with van der Waals surface area (Å²) in [7, 11) is 0. The number of rotatable bonds is 9. The van der Waals surface area contributed by atoms with Crippen LogP contribution in [-0.4, -0.2) is 46.5 Å². The summed E-state index contributed by atoms with van der Waals surface area (Å²) in [5, 5.41) is 14.3. The molecule has 0 aliphatic rings. The van der Waals surface area contributed by atoms with Crippen LogP contribution >= 0.6 is 0 Å². The van der Waals surface area contributed by atoms with Crippen LogP contribution in [0.1, 0.15) is 26.7 Å². The van der Waals surface area contributed by atoms with Gasteiger partial charge in [0, 0.05) is 26.3 Å². The van der Waals surface area contributed by atoms with Gasteiger partial charge in [0.1, 0.15) is 5.82 Å². The number of ether oxygens (including phenoxy) is 1. The summed E-state index contributed by atoms with van der Waals surface area (Å²) in [5.41, 5.74) is 0.742. The molecular weight excluding hydrogens is 256 g/mol. The molecule has 0 unspecified atom stereocenters. The second-order valence-electron chi connectivity index (χ2n) is 4.43. The third kappa shape index (κ3) is 3.80. The fraction of sp³-hybridized carbons (Fsp3) is 0.615. The molecule has 0 saturated heterocycles. The first kappa shape index (κ1) is 14.5. The van der Waals surface area contributed by atoms with Gasteiger partial charge in [0.05, 0.1) is 11.6 Å². The summed E-state index contributed by atoms with van der Waals surface area (Å²) in [6.45, 7) is 7.27. The van der Waals surface area contributed by atoms with Gasteiger partial charge in [-0.1, -0.05) is 6.92 Å². The van der Waals surface area contributed by atoms with E-state index in [1.54, 1.807) is 6.20 Å². The van der Waals surface area contributed by atoms with Crippen molar-refractivity contribution >= 4 is 22.8 Å². The molecule has 0 saturated carbocycles. The van der Waals surface area contributed by atoms with Crippen molar-refractivity contribution in [1.29, 1.82) is 0 Å². The molecule has 2 aromatic rings. The van der Waals surface area contributed by atoms with Gasteiger partial charge < -0.3 is 15.4 Å². The van der Waals surface area contributed by atoms with Gasteiger partial charge >= 0.3 is 0 Å². The van der Waals surface area contributed by atoms with Crippen LogP contribution in [0.5, 0.6) is 0 Å². The number of anilines is 2. The van der Waals surface area contributed by atoms with Crippen molar-refractivity contribution in [2.75, 3.05) is 36.9 Å². The summed E-state index contributed by atoms with van der Waals surface area (Å²) in [5.74, 6) is 1.43. The van der Waals surface area contributed by atoms with Crippen LogP contribution in [0.2, 0.25) is 0 Å². The monoisotopic (exact) mass is 278 g/mol. The van der Waals surface area contributed by atoms with Crippen molar-refractivity contribution in [2.24, 2.45) is 0 Å². The van der Waals surface area contributed by atoms with E-state index in [9.17, 15) is 0 Å². The molecule has 7 nitrogen and oxygen atoms in total. The minimum Gasteiger partial charge on any atom is -0.382 e. The molecule has 0 atom stereocenters. The lowest BCUT2D eigenvalue weighted by Gasteiger charge is -2.09. The molecule has 0 spiro atoms. The standard InChI is InChI=1S/C13H22N6O/c1-3-6-15-13-17-11(14-7-5-8-20-4-2)10-9-16-19-12(10)18-13/h9H,3-8H2,1-2H3,(H3,14,15,16,17,18,19). The number of aromatic amines is 1. The van der Waals surface area contributed by atoms with Crippen molar-refractivity contribution in [2.45, 2.75) is 26.7 Å². The summed E-state index contributed by atoms with van der Waals surface area (Å²) in [6.07, 6.45) is 3.71. The zero-order valence-corrected chi connectivity index (χ0v) is 12.1. The molecule has 3 N–H and O–H groups in total. The first-order valence-electron chi connectivity index (χ1n) is 7.11. The van der Waals surface area contributed by atoms with E-state index in [0.717, 1.165) is 56.0 Å². The van der Waals surface area contributed by atoms with Crippen molar-refractivity contribution in [3.8, 4) is 0 Å². The van der Waals surface area contributed by atoms with E-state index >= 15 is 0 Å². The maximum Gasteiger partial charge on any atom is 0.226 e. The number of nitrogens with zero attached hydrogens (tertiary/aromatic N) is 3. The Morgan fingerprint density at radius 1 is 1.20 bits per heavy atom. The van der Waals surface area contributed by atoms with Gasteiger partial charge in [-0.15, -0.1) is 0 Å². The molecular formula is C13H22N6O. The molecule has 20 heavy (non-hydrogen) atoms. The van der Waals surface area contributed by atoms with Crippen LogP contribution in [0.25, 0.3) is 11.0 Å². The lowest BCUT2D eigenvalue weighted by Crippen LogP contribution is -2.10. The average molecular weight is 278 g/mol. The molecule has 7 heteroatoms. The van der Waals surface area contributed by atoms with E-state index in [0.29, 0.717) is 5.95 Å². The lowest BCUT2D eigenvalue weighted by atomic mass is 10.3. The van der Waals surface area contributed by atoms with Gasteiger partial charge in [-0.3, -0.25) is 5.10 Å². The van der Waals surface area contributed by atoms with Crippen molar-refractivity contribution < 1.29 is 4.74 Å². The van der Waals surface area contributed by atoms with E-state index in [1.807, 2.05) is 6.92 Å². The van der Waals surface area contributed by atoms with Gasteiger partial charge in [-0.05, 0) is 19.8 Å². The molecule has 0 bridgehead atoms. The van der Waals surface area contributed by atoms with Crippen LogP contribution in [0, 0.1) is 0 Å². The number of H-pyrrole nitrogens is 1. The number of hydrogen-bond acceptors (Lipinski definition) is 6. The van der Waals surface area contributed by atoms with Gasteiger partial charge in [0.15, 0.2) is 5.65 Å². The smallest absolute Gasteiger partial charge is 0.226 e. The maximum absolute atomic E-state index is 5.32. The molecule has 2 heterocycles. The van der Waals surface area contributed by atoms with Gasteiger partial charge in [-0.25, -0.2) is 0 Å². The van der Waals surface area contributed by atoms with Gasteiger partial charge in [0.25, 0.3) is 0 Å². The van der Waals surface area contributed by atoms with Crippen molar-refractivity contribution in [3.63, 3.8) is 0 Å². The van der Waals surface area contributed by atoms with Gasteiger partial charge in [0.2, 0.25) is 5.95 Å². The molecule has 0 aliphatic carbocycles. The normalized spacial score (nSPS) is 10.9. The van der Waals surface area contributed by atoms with E-state index in [-0.39, 0.29) is 0 Å². The largest absolute Gasteiger partial charge is 0.382 e. The third-order valence-corrected chi connectivity index (χ3v) is 2.80. The highest BCUT2D eigenvalue weighted by molar-refractivity contribution is 5.86. The quantitative estimate of drug-likeness (QED) is 0.608. The molecule has 0 radical (unpaired) electrons. The highest BCUT2D eigenvalue weighted by Crippen LogP contribution is 2.19. The Labute approximate surface area is 118 Å². The number of aromatic nitrogens is 4. The zero-order chi connectivity index (χ0) is 14.2. The summed E-state index contributed by atoms with van der Waals surface area (Å²) >= 11 is 0. The SMILES string of the molecule is CCCNc1nc(NCCCOCC)c2cn[nH]c2n1. The van der Waals surface area contributed by atoms with Crippen LogP contribution in [0.4, 0.5) is 11.8 Å². The zero-order valence-electron chi connectivity index (χ0n) is 12.1. The second-order valence-corrected chi connectivity index (χ2v) is 4.43. The summed E-state index contributed by atoms with van der Waals surface area (Å²) in [6, 6.07) is 0. The van der Waals surface area contributed by atoms with E-state index in [4.69, 9.17) is 4.74 Å². The van der Waals surface area contributed by atoms with Crippen molar-refractivity contribution in [1.82, 2.24) is 20.2 Å². The number of fused-ring (bicyclic) bond motifs is 1. The Hall–Kier alpha value is -1.89. The topological polar surface area (TPSA) is 87.8 Å². The Morgan fingerprint density at radius 2 is 2.10 bits per heavy atom. The maximum atomic E-state index is 5.32. The molecule has 0 amide bonds. The molecule has 0 aliphatic heterocycles. The minimum atomic E-state index is 0.621. The molecule has 0 aromatic carbocycles. The Morgan fingerprint density at radius 3 is 2.90 bits per heavy atom. The highest BCUT2D eigenvalue weighted by atomic mass is 16.5. The lowest BCUT2D eigenvalue weighted by molar-refractivity contribution is 0.147. The fourth-order valence-electron chi connectivity index (χ4n) is 1.81. The van der Waals surface area contributed by atoms with Gasteiger partial charge in [-0.2, -0.15) is 15.1 Å². The fourth-order valence-corrected chi connectivity index (χ4v) is 1.81. The predicted octanol–water partition coefficient (Wildman–Crippen LogP) is 2.01. The first-order chi connectivity index (χ1) is 9.85. The van der Waals surface area contributed by atoms with E-state index in [1.165, 1.54) is 0 Å². The van der Waals surface area contributed by atoms with Crippen LogP contribution in [0.3, 0.4) is 0 Å². The predicted molar refractivity (Wildman–Crippen MR) is 80.1 cm³/mol. The van der Waals surface area contributed by atoms with Crippen LogP contribution in [0.15, 0.2) is 6.20 Å². The summed E-state index contributed by atoms with van der Waals surface area (Å²) < 4.78 is 5.32. The minimum absolute atomic E-state index is 0.621. The van der Waals surface area contributed by atoms with E-state index in [2.05, 4.69) is 37.7 Å². The average Bonchev–Trinajstić information content (AvgIpc) is 2.93.